The fourth-order valence-electron chi connectivity index (χ4n) is 4.26. The summed E-state index contributed by atoms with van der Waals surface area (Å²) in [4.78, 5) is 28.6. The zero-order valence-corrected chi connectivity index (χ0v) is 20.7. The Labute approximate surface area is 201 Å². The quantitative estimate of drug-likeness (QED) is 0.535. The van der Waals surface area contributed by atoms with Crippen LogP contribution in [0.5, 0.6) is 17.2 Å². The van der Waals surface area contributed by atoms with Gasteiger partial charge in [-0.25, -0.2) is 0 Å². The topological polar surface area (TPSA) is 86.3 Å². The van der Waals surface area contributed by atoms with E-state index in [9.17, 15) is 9.59 Å². The lowest BCUT2D eigenvalue weighted by Gasteiger charge is -2.40. The molecule has 2 aromatic carbocycles. The largest absolute Gasteiger partial charge is 0.497 e. The number of likely N-dealkylation sites (N-methyl/N-ethyl adjacent to an activating group) is 1. The Kier molecular flexibility index (Phi) is 8.39. The first-order chi connectivity index (χ1) is 16.3. The molecule has 1 aliphatic heterocycles. The van der Waals surface area contributed by atoms with E-state index in [4.69, 9.17) is 18.9 Å². The zero-order chi connectivity index (χ0) is 24.8. The van der Waals surface area contributed by atoms with Gasteiger partial charge < -0.3 is 29.2 Å². The highest BCUT2D eigenvalue weighted by atomic mass is 16.5. The number of carbonyl (C=O) groups is 2. The fourth-order valence-corrected chi connectivity index (χ4v) is 4.26. The number of methoxy groups -OCH3 is 3. The van der Waals surface area contributed by atoms with Crippen molar-refractivity contribution in [2.45, 2.75) is 38.3 Å². The highest BCUT2D eigenvalue weighted by molar-refractivity contribution is 6.02. The van der Waals surface area contributed by atoms with Gasteiger partial charge in [0.1, 0.15) is 5.75 Å². The van der Waals surface area contributed by atoms with E-state index < -0.39 is 12.0 Å². The number of amides is 2. The number of nitrogens with one attached hydrogen (secondary N) is 1. The Hall–Kier alpha value is -3.26. The van der Waals surface area contributed by atoms with Gasteiger partial charge in [-0.1, -0.05) is 12.1 Å². The molecule has 2 unspecified atom stereocenters. The second-order valence-corrected chi connectivity index (χ2v) is 8.47. The van der Waals surface area contributed by atoms with Gasteiger partial charge in [0.2, 0.25) is 5.91 Å². The number of carbonyl (C=O) groups excluding carboxylic acids is 2. The minimum atomic E-state index is -0.642. The van der Waals surface area contributed by atoms with Crippen LogP contribution in [-0.4, -0.2) is 64.3 Å². The summed E-state index contributed by atoms with van der Waals surface area (Å²) in [5, 5.41) is 3.04. The molecule has 0 saturated heterocycles. The van der Waals surface area contributed by atoms with Crippen LogP contribution in [0.4, 0.5) is 0 Å². The monoisotopic (exact) mass is 470 g/mol. The molecule has 0 spiro atoms. The van der Waals surface area contributed by atoms with Gasteiger partial charge >= 0.3 is 0 Å². The molecular weight excluding hydrogens is 436 g/mol. The van der Waals surface area contributed by atoms with Gasteiger partial charge in [0.15, 0.2) is 11.5 Å². The van der Waals surface area contributed by atoms with Crippen molar-refractivity contribution >= 4 is 11.8 Å². The maximum atomic E-state index is 13.6. The van der Waals surface area contributed by atoms with Crippen LogP contribution in [0.25, 0.3) is 0 Å². The van der Waals surface area contributed by atoms with Gasteiger partial charge in [-0.3, -0.25) is 9.59 Å². The van der Waals surface area contributed by atoms with E-state index in [-0.39, 0.29) is 17.9 Å². The molecule has 184 valence electrons. The second kappa shape index (κ2) is 11.2. The van der Waals surface area contributed by atoms with Crippen molar-refractivity contribution in [3.8, 4) is 17.2 Å². The average molecular weight is 471 g/mol. The number of hydrogen-bond acceptors (Lipinski definition) is 6. The van der Waals surface area contributed by atoms with Gasteiger partial charge in [-0.05, 0) is 55.7 Å². The highest BCUT2D eigenvalue weighted by Crippen LogP contribution is 2.45. The lowest BCUT2D eigenvalue weighted by atomic mass is 9.79. The maximum absolute atomic E-state index is 13.6. The second-order valence-electron chi connectivity index (χ2n) is 8.47. The normalized spacial score (nSPS) is 17.4. The van der Waals surface area contributed by atoms with Crippen molar-refractivity contribution < 1.29 is 28.5 Å². The molecule has 0 saturated carbocycles. The van der Waals surface area contributed by atoms with Crippen molar-refractivity contribution in [3.05, 3.63) is 53.1 Å². The molecule has 2 aromatic rings. The predicted molar refractivity (Wildman–Crippen MR) is 129 cm³/mol. The van der Waals surface area contributed by atoms with E-state index in [1.807, 2.05) is 38.1 Å². The number of nitrogens with zero attached hydrogens (tertiary/aromatic N) is 1. The van der Waals surface area contributed by atoms with E-state index >= 15 is 0 Å². The van der Waals surface area contributed by atoms with E-state index in [0.717, 1.165) is 5.56 Å². The molecular formula is C26H34N2O6. The molecule has 2 atom stereocenters. The van der Waals surface area contributed by atoms with E-state index in [2.05, 4.69) is 5.32 Å². The molecule has 0 radical (unpaired) electrons. The van der Waals surface area contributed by atoms with Gasteiger partial charge in [-0.2, -0.15) is 0 Å². The third-order valence-electron chi connectivity index (χ3n) is 5.99. The van der Waals surface area contributed by atoms with Crippen LogP contribution >= 0.6 is 0 Å². The third-order valence-corrected chi connectivity index (χ3v) is 5.99. The van der Waals surface area contributed by atoms with Crippen molar-refractivity contribution in [1.29, 1.82) is 0 Å². The first-order valence-electron chi connectivity index (χ1n) is 11.4. The minimum Gasteiger partial charge on any atom is -0.497 e. The van der Waals surface area contributed by atoms with E-state index in [0.29, 0.717) is 47.9 Å². The maximum Gasteiger partial charge on any atom is 0.254 e. The van der Waals surface area contributed by atoms with Crippen LogP contribution in [0.2, 0.25) is 0 Å². The van der Waals surface area contributed by atoms with Crippen LogP contribution in [0, 0.1) is 0 Å². The van der Waals surface area contributed by atoms with E-state index in [1.165, 1.54) is 14.2 Å². The summed E-state index contributed by atoms with van der Waals surface area (Å²) in [7, 11) is 6.37. The van der Waals surface area contributed by atoms with Crippen LogP contribution in [0.3, 0.4) is 0 Å². The van der Waals surface area contributed by atoms with Gasteiger partial charge in [0.05, 0.1) is 39.4 Å². The Morgan fingerprint density at radius 2 is 1.68 bits per heavy atom. The first-order valence-corrected chi connectivity index (χ1v) is 11.4. The van der Waals surface area contributed by atoms with Crippen molar-refractivity contribution in [1.82, 2.24) is 10.2 Å². The van der Waals surface area contributed by atoms with Crippen LogP contribution < -0.4 is 19.5 Å². The summed E-state index contributed by atoms with van der Waals surface area (Å²) in [6.07, 6.45) is 0.833. The molecule has 34 heavy (non-hydrogen) atoms. The smallest absolute Gasteiger partial charge is 0.254 e. The molecule has 0 aliphatic carbocycles. The van der Waals surface area contributed by atoms with Gasteiger partial charge in [0.25, 0.3) is 5.91 Å². The molecule has 0 fully saturated rings. The summed E-state index contributed by atoms with van der Waals surface area (Å²) in [5.41, 5.74) is 1.87. The number of benzene rings is 2. The molecule has 0 aromatic heterocycles. The summed E-state index contributed by atoms with van der Waals surface area (Å²) in [6, 6.07) is 10.3. The lowest BCUT2D eigenvalue weighted by molar-refractivity contribution is -0.124. The molecule has 0 bridgehead atoms. The molecule has 8 nitrogen and oxygen atoms in total. The molecule has 8 heteroatoms. The van der Waals surface area contributed by atoms with Gasteiger partial charge in [0, 0.05) is 25.8 Å². The Balaban J connectivity index is 2.01. The molecule has 2 amide bonds. The molecule has 1 heterocycles. The van der Waals surface area contributed by atoms with E-state index in [1.54, 1.807) is 31.2 Å². The summed E-state index contributed by atoms with van der Waals surface area (Å²) >= 11 is 0. The SMILES string of the molecule is COc1ccc(C2C(C(=O)NCCCOC(C)C)c3cc(OC)c(OC)cc3C(=O)N2C)cc1. The summed E-state index contributed by atoms with van der Waals surface area (Å²) < 4.78 is 21.7. The Morgan fingerprint density at radius 3 is 2.26 bits per heavy atom. The van der Waals surface area contributed by atoms with Crippen LogP contribution in [-0.2, 0) is 9.53 Å². The van der Waals surface area contributed by atoms with Crippen molar-refractivity contribution in [2.75, 3.05) is 41.5 Å². The zero-order valence-electron chi connectivity index (χ0n) is 20.7. The third kappa shape index (κ3) is 5.28. The van der Waals surface area contributed by atoms with Crippen LogP contribution in [0.15, 0.2) is 36.4 Å². The Morgan fingerprint density at radius 1 is 1.03 bits per heavy atom. The molecule has 3 rings (SSSR count). The van der Waals surface area contributed by atoms with Crippen LogP contribution in [0.1, 0.15) is 53.7 Å². The number of rotatable bonds is 10. The first kappa shape index (κ1) is 25.4. The highest BCUT2D eigenvalue weighted by Gasteiger charge is 2.43. The summed E-state index contributed by atoms with van der Waals surface area (Å²) in [6.45, 7) is 4.99. The molecule has 1 N–H and O–H groups in total. The molecule has 1 aliphatic rings. The Bertz CT molecular complexity index is 1010. The standard InChI is InChI=1S/C26H34N2O6/c1-16(2)34-13-7-12-27-25(29)23-19-14-21(32-5)22(33-6)15-20(19)26(30)28(3)24(23)17-8-10-18(31-4)11-9-17/h8-11,14-16,23-24H,7,12-13H2,1-6H3,(H,27,29). The van der Waals surface area contributed by atoms with Gasteiger partial charge in [-0.15, -0.1) is 0 Å². The fraction of sp³-hybridized carbons (Fsp3) is 0.462. The average Bonchev–Trinajstić information content (AvgIpc) is 2.84. The van der Waals surface area contributed by atoms with Crippen molar-refractivity contribution in [3.63, 3.8) is 0 Å². The number of fused-ring (bicyclic) bond motifs is 1. The minimum absolute atomic E-state index is 0.141. The predicted octanol–water partition coefficient (Wildman–Crippen LogP) is 3.55. The summed E-state index contributed by atoms with van der Waals surface area (Å²) in [5.74, 6) is 0.610. The number of hydrogen-bond donors (Lipinski definition) is 1. The number of ether oxygens (including phenoxy) is 4. The lowest BCUT2D eigenvalue weighted by Crippen LogP contribution is -2.46. The van der Waals surface area contributed by atoms with Crippen molar-refractivity contribution in [2.24, 2.45) is 0 Å².